The minimum atomic E-state index is -1.45. The number of nitrogens with zero attached hydrogens (tertiary/aromatic N) is 2. The van der Waals surface area contributed by atoms with Gasteiger partial charge in [-0.3, -0.25) is 0 Å². The molecule has 2 aromatic carbocycles. The third-order valence-electron chi connectivity index (χ3n) is 3.73. The Bertz CT molecular complexity index is 1280. The Kier molecular flexibility index (Phi) is 8.33. The SMILES string of the molecule is Cn1c(=O)on(-c2ccc(Cl)c(Cl)c2)c1=O.O=C(O)c1c(Cl)c(Cl)c(C(=O)O)c(Cl)c1Cl. The first-order valence-electron chi connectivity index (χ1n) is 7.86. The number of rotatable bonds is 3. The molecule has 32 heavy (non-hydrogen) atoms. The van der Waals surface area contributed by atoms with Gasteiger partial charge in [-0.15, -0.1) is 4.74 Å². The first-order valence-corrected chi connectivity index (χ1v) is 10.1. The number of hydrogen-bond donors (Lipinski definition) is 2. The molecule has 2 N–H and O–H groups in total. The number of carboxylic acids is 2. The van der Waals surface area contributed by atoms with E-state index in [0.717, 1.165) is 9.31 Å². The lowest BCUT2D eigenvalue weighted by Gasteiger charge is -2.10. The van der Waals surface area contributed by atoms with Gasteiger partial charge in [0.15, 0.2) is 0 Å². The summed E-state index contributed by atoms with van der Waals surface area (Å²) in [4.78, 5) is 44.2. The molecular weight excluding hydrogens is 557 g/mol. The van der Waals surface area contributed by atoms with E-state index in [0.29, 0.717) is 10.7 Å². The average molecular weight is 565 g/mol. The molecule has 9 nitrogen and oxygen atoms in total. The molecule has 0 fully saturated rings. The summed E-state index contributed by atoms with van der Waals surface area (Å²) in [5, 5.41) is 16.4. The maximum Gasteiger partial charge on any atom is 0.442 e. The maximum atomic E-state index is 11.5. The van der Waals surface area contributed by atoms with Gasteiger partial charge in [-0.25, -0.2) is 23.7 Å². The van der Waals surface area contributed by atoms with Crippen LogP contribution in [0.2, 0.25) is 30.1 Å². The van der Waals surface area contributed by atoms with E-state index in [4.69, 9.17) is 84.3 Å². The van der Waals surface area contributed by atoms with Gasteiger partial charge >= 0.3 is 23.4 Å². The molecule has 1 heterocycles. The van der Waals surface area contributed by atoms with Crippen molar-refractivity contribution >= 4 is 81.5 Å². The molecule has 0 saturated heterocycles. The Morgan fingerprint density at radius 2 is 1.25 bits per heavy atom. The lowest BCUT2D eigenvalue weighted by Crippen LogP contribution is -2.25. The van der Waals surface area contributed by atoms with Crippen LogP contribution >= 0.6 is 69.6 Å². The monoisotopic (exact) mass is 562 g/mol. The summed E-state index contributed by atoms with van der Waals surface area (Å²) in [6, 6.07) is 4.48. The maximum absolute atomic E-state index is 11.5. The Balaban J connectivity index is 0.000000227. The summed E-state index contributed by atoms with van der Waals surface area (Å²) in [7, 11) is 1.32. The normalized spacial score (nSPS) is 10.5. The predicted octanol–water partition coefficient (Wildman–Crippen LogP) is 5.13. The predicted molar refractivity (Wildman–Crippen MR) is 120 cm³/mol. The van der Waals surface area contributed by atoms with Crippen LogP contribution in [0.15, 0.2) is 32.3 Å². The fraction of sp³-hybridized carbons (Fsp3) is 0.0588. The Morgan fingerprint density at radius 1 is 0.812 bits per heavy atom. The van der Waals surface area contributed by atoms with Crippen LogP contribution in [0.25, 0.3) is 5.69 Å². The molecule has 0 aliphatic heterocycles. The van der Waals surface area contributed by atoms with E-state index in [1.807, 2.05) is 0 Å². The van der Waals surface area contributed by atoms with Gasteiger partial charge in [0.2, 0.25) is 0 Å². The fourth-order valence-corrected chi connectivity index (χ4v) is 3.64. The van der Waals surface area contributed by atoms with E-state index < -0.39 is 54.6 Å². The number of benzene rings is 2. The third kappa shape index (κ3) is 5.09. The van der Waals surface area contributed by atoms with Crippen molar-refractivity contribution in [2.75, 3.05) is 0 Å². The van der Waals surface area contributed by atoms with Crippen molar-refractivity contribution in [2.45, 2.75) is 0 Å². The van der Waals surface area contributed by atoms with Gasteiger partial charge in [-0.2, -0.15) is 0 Å². The molecule has 0 aliphatic rings. The van der Waals surface area contributed by atoms with Crippen molar-refractivity contribution < 1.29 is 24.3 Å². The molecule has 15 heteroatoms. The Hall–Kier alpha value is -2.14. The van der Waals surface area contributed by atoms with Crippen LogP contribution < -0.4 is 11.4 Å². The Labute approximate surface area is 207 Å². The second-order valence-corrected chi connectivity index (χ2v) is 8.03. The average Bonchev–Trinajstić information content (AvgIpc) is 2.96. The van der Waals surface area contributed by atoms with Crippen LogP contribution in [0.5, 0.6) is 0 Å². The largest absolute Gasteiger partial charge is 0.478 e. The molecule has 0 atom stereocenters. The summed E-state index contributed by atoms with van der Waals surface area (Å²) in [5.41, 5.74) is -1.29. The Morgan fingerprint density at radius 3 is 1.56 bits per heavy atom. The number of aromatic carboxylic acids is 2. The number of halogens is 6. The quantitative estimate of drug-likeness (QED) is 0.421. The zero-order valence-electron chi connectivity index (χ0n) is 15.3. The molecule has 0 unspecified atom stereocenters. The number of hydrogen-bond acceptors (Lipinski definition) is 5. The van der Waals surface area contributed by atoms with Crippen molar-refractivity contribution in [1.29, 1.82) is 0 Å². The summed E-state index contributed by atoms with van der Waals surface area (Å²) in [5.74, 6) is -3.64. The van der Waals surface area contributed by atoms with Crippen LogP contribution in [0.3, 0.4) is 0 Å². The highest BCUT2D eigenvalue weighted by Crippen LogP contribution is 2.41. The third-order valence-corrected chi connectivity index (χ3v) is 6.18. The molecule has 0 aliphatic carbocycles. The smallest absolute Gasteiger partial charge is 0.442 e. The molecule has 0 saturated carbocycles. The van der Waals surface area contributed by atoms with E-state index in [-0.39, 0.29) is 5.02 Å². The van der Waals surface area contributed by atoms with Gasteiger partial charge in [0, 0.05) is 7.05 Å². The summed E-state index contributed by atoms with van der Waals surface area (Å²) < 4.78 is 6.44. The van der Waals surface area contributed by atoms with E-state index in [9.17, 15) is 19.2 Å². The number of aromatic nitrogens is 2. The van der Waals surface area contributed by atoms with Crippen LogP contribution in [-0.2, 0) is 7.05 Å². The summed E-state index contributed by atoms with van der Waals surface area (Å²) >= 11 is 33.9. The zero-order valence-corrected chi connectivity index (χ0v) is 19.9. The standard InChI is InChI=1S/C9H6Cl2N2O3.C8H2Cl4O4/c1-12-8(14)13(16-9(12)15)5-2-3-6(10)7(11)4-5;9-3-1(7(13)14)4(10)6(12)2(5(3)11)8(15)16/h2-4H,1H3;(H,13,14)(H,15,16). The molecular formula is C17H8Cl6N2O7. The van der Waals surface area contributed by atoms with E-state index in [2.05, 4.69) is 0 Å². The molecule has 0 spiro atoms. The van der Waals surface area contributed by atoms with Gasteiger partial charge in [0.1, 0.15) is 0 Å². The minimum Gasteiger partial charge on any atom is -0.478 e. The molecule has 3 rings (SSSR count). The number of carbonyl (C=O) groups is 2. The number of carboxylic acid groups (broad SMARTS) is 2. The van der Waals surface area contributed by atoms with Gasteiger partial charge in [0.25, 0.3) is 0 Å². The van der Waals surface area contributed by atoms with E-state index in [1.54, 1.807) is 0 Å². The first-order chi connectivity index (χ1) is 14.8. The topological polar surface area (TPSA) is 132 Å². The highest BCUT2D eigenvalue weighted by molar-refractivity contribution is 6.52. The minimum absolute atomic E-state index is 0.276. The van der Waals surface area contributed by atoms with Gasteiger partial charge in [0.05, 0.1) is 47.0 Å². The van der Waals surface area contributed by atoms with Gasteiger partial charge < -0.3 is 14.7 Å². The molecule has 3 aromatic rings. The summed E-state index contributed by atoms with van der Waals surface area (Å²) in [6.07, 6.45) is 0. The van der Waals surface area contributed by atoms with Crippen molar-refractivity contribution in [1.82, 2.24) is 9.31 Å². The first kappa shape index (κ1) is 26.1. The van der Waals surface area contributed by atoms with Crippen molar-refractivity contribution in [3.63, 3.8) is 0 Å². The van der Waals surface area contributed by atoms with Crippen LogP contribution in [0.4, 0.5) is 0 Å². The lowest BCUT2D eigenvalue weighted by molar-refractivity contribution is 0.0681. The van der Waals surface area contributed by atoms with Crippen molar-refractivity contribution in [2.24, 2.45) is 7.05 Å². The lowest BCUT2D eigenvalue weighted by atomic mass is 10.1. The van der Waals surface area contributed by atoms with Crippen molar-refractivity contribution in [3.05, 3.63) is 80.5 Å². The van der Waals surface area contributed by atoms with E-state index >= 15 is 0 Å². The molecule has 0 bridgehead atoms. The van der Waals surface area contributed by atoms with E-state index in [1.165, 1.54) is 25.2 Å². The van der Waals surface area contributed by atoms with Crippen LogP contribution in [0, 0.1) is 0 Å². The highest BCUT2D eigenvalue weighted by Gasteiger charge is 2.27. The molecule has 0 radical (unpaired) electrons. The molecule has 0 amide bonds. The van der Waals surface area contributed by atoms with Crippen molar-refractivity contribution in [3.8, 4) is 5.69 Å². The van der Waals surface area contributed by atoms with Crippen LogP contribution in [-0.4, -0.2) is 31.5 Å². The second-order valence-electron chi connectivity index (χ2n) is 5.71. The second kappa shape index (κ2) is 10.2. The highest BCUT2D eigenvalue weighted by atomic mass is 35.5. The van der Waals surface area contributed by atoms with Crippen LogP contribution in [0.1, 0.15) is 20.7 Å². The molecule has 170 valence electrons. The zero-order chi connectivity index (χ0) is 24.5. The summed E-state index contributed by atoms with van der Waals surface area (Å²) in [6.45, 7) is 0. The molecule has 1 aromatic heterocycles. The fourth-order valence-electron chi connectivity index (χ4n) is 2.17. The van der Waals surface area contributed by atoms with Gasteiger partial charge in [-0.1, -0.05) is 69.6 Å². The van der Waals surface area contributed by atoms with Gasteiger partial charge in [-0.05, 0) is 18.2 Å².